The minimum absolute atomic E-state index is 0.0512. The van der Waals surface area contributed by atoms with Gasteiger partial charge in [0.05, 0.1) is 5.56 Å². The number of hydrogen-bond acceptors (Lipinski definition) is 1. The molecule has 24 heavy (non-hydrogen) atoms. The second kappa shape index (κ2) is 6.29. The highest BCUT2D eigenvalue weighted by atomic mass is 35.5. The number of aromatic amines is 1. The van der Waals surface area contributed by atoms with Crippen LogP contribution in [0.4, 0.5) is 4.39 Å². The summed E-state index contributed by atoms with van der Waals surface area (Å²) in [5.74, 6) is -0.939. The summed E-state index contributed by atoms with van der Waals surface area (Å²) in [5.41, 5.74) is 1.75. The Bertz CT molecular complexity index is 901. The van der Waals surface area contributed by atoms with Gasteiger partial charge >= 0.3 is 0 Å². The molecular weight excluding hydrogens is 327 g/mol. The minimum Gasteiger partial charge on any atom is -0.361 e. The van der Waals surface area contributed by atoms with Gasteiger partial charge in [0.2, 0.25) is 0 Å². The van der Waals surface area contributed by atoms with Crippen molar-refractivity contribution < 1.29 is 9.18 Å². The zero-order valence-electron chi connectivity index (χ0n) is 13.5. The standard InChI is InChI=1S/C19H18ClFN2O/c1-19(2,11-23-18(24)13-5-3-4-6-16(13)21)15-10-22-17-8-7-12(20)9-14(15)17/h3-10,22H,11H2,1-2H3,(H,23,24). The normalized spacial score (nSPS) is 11.7. The van der Waals surface area contributed by atoms with Gasteiger partial charge < -0.3 is 10.3 Å². The van der Waals surface area contributed by atoms with Gasteiger partial charge in [0.25, 0.3) is 5.91 Å². The molecule has 0 fully saturated rings. The summed E-state index contributed by atoms with van der Waals surface area (Å²) < 4.78 is 13.7. The van der Waals surface area contributed by atoms with E-state index in [-0.39, 0.29) is 11.0 Å². The summed E-state index contributed by atoms with van der Waals surface area (Å²) in [6.45, 7) is 4.43. The summed E-state index contributed by atoms with van der Waals surface area (Å²) in [6, 6.07) is 11.6. The van der Waals surface area contributed by atoms with Crippen molar-refractivity contribution in [3.05, 3.63) is 70.6 Å². The molecule has 3 rings (SSSR count). The molecule has 0 unspecified atom stereocenters. The van der Waals surface area contributed by atoms with Gasteiger partial charge in [-0.3, -0.25) is 4.79 Å². The first-order valence-electron chi connectivity index (χ1n) is 7.68. The van der Waals surface area contributed by atoms with E-state index in [0.717, 1.165) is 16.5 Å². The molecule has 1 amide bonds. The Morgan fingerprint density at radius 2 is 2.00 bits per heavy atom. The first-order chi connectivity index (χ1) is 11.4. The number of rotatable bonds is 4. The summed E-state index contributed by atoms with van der Waals surface area (Å²) in [4.78, 5) is 15.4. The van der Waals surface area contributed by atoms with Crippen molar-refractivity contribution in [3.8, 4) is 0 Å². The largest absolute Gasteiger partial charge is 0.361 e. The van der Waals surface area contributed by atoms with Crippen LogP contribution >= 0.6 is 11.6 Å². The zero-order valence-corrected chi connectivity index (χ0v) is 14.2. The van der Waals surface area contributed by atoms with Gasteiger partial charge in [-0.25, -0.2) is 4.39 Å². The highest BCUT2D eigenvalue weighted by molar-refractivity contribution is 6.31. The lowest BCUT2D eigenvalue weighted by Crippen LogP contribution is -2.36. The maximum Gasteiger partial charge on any atom is 0.254 e. The van der Waals surface area contributed by atoms with E-state index >= 15 is 0 Å². The van der Waals surface area contributed by atoms with Crippen molar-refractivity contribution in [3.63, 3.8) is 0 Å². The molecule has 0 aliphatic rings. The summed E-state index contributed by atoms with van der Waals surface area (Å²) in [6.07, 6.45) is 1.93. The third-order valence-electron chi connectivity index (χ3n) is 4.18. The van der Waals surface area contributed by atoms with Crippen molar-refractivity contribution >= 4 is 28.4 Å². The fraction of sp³-hybridized carbons (Fsp3) is 0.211. The van der Waals surface area contributed by atoms with E-state index in [1.54, 1.807) is 12.1 Å². The fourth-order valence-electron chi connectivity index (χ4n) is 2.79. The van der Waals surface area contributed by atoms with Gasteiger partial charge in [-0.2, -0.15) is 0 Å². The Balaban J connectivity index is 1.82. The van der Waals surface area contributed by atoms with Crippen LogP contribution in [-0.4, -0.2) is 17.4 Å². The van der Waals surface area contributed by atoms with Crippen LogP contribution in [0.5, 0.6) is 0 Å². The van der Waals surface area contributed by atoms with Crippen LogP contribution in [0.1, 0.15) is 29.8 Å². The highest BCUT2D eigenvalue weighted by Gasteiger charge is 2.25. The number of benzene rings is 2. The Morgan fingerprint density at radius 1 is 1.25 bits per heavy atom. The monoisotopic (exact) mass is 344 g/mol. The maximum absolute atomic E-state index is 13.7. The third-order valence-corrected chi connectivity index (χ3v) is 4.42. The number of aromatic nitrogens is 1. The quantitative estimate of drug-likeness (QED) is 0.710. The molecule has 124 valence electrons. The van der Waals surface area contributed by atoms with Gasteiger partial charge in [-0.1, -0.05) is 37.6 Å². The fourth-order valence-corrected chi connectivity index (χ4v) is 2.96. The number of halogens is 2. The van der Waals surface area contributed by atoms with Crippen LogP contribution in [-0.2, 0) is 5.41 Å². The van der Waals surface area contributed by atoms with Crippen LogP contribution in [0.3, 0.4) is 0 Å². The van der Waals surface area contributed by atoms with Crippen LogP contribution in [0.2, 0.25) is 5.02 Å². The van der Waals surface area contributed by atoms with Crippen LogP contribution in [0.25, 0.3) is 10.9 Å². The molecule has 3 aromatic rings. The van der Waals surface area contributed by atoms with E-state index < -0.39 is 11.7 Å². The molecule has 3 nitrogen and oxygen atoms in total. The SMILES string of the molecule is CC(C)(CNC(=O)c1ccccc1F)c1c[nH]c2ccc(Cl)cc12. The second-order valence-electron chi connectivity index (χ2n) is 6.44. The molecule has 0 bridgehead atoms. The van der Waals surface area contributed by atoms with E-state index in [1.807, 2.05) is 38.2 Å². The van der Waals surface area contributed by atoms with E-state index in [0.29, 0.717) is 11.6 Å². The molecule has 0 atom stereocenters. The molecule has 2 aromatic carbocycles. The van der Waals surface area contributed by atoms with E-state index in [2.05, 4.69) is 10.3 Å². The molecule has 5 heteroatoms. The molecule has 0 aliphatic heterocycles. The van der Waals surface area contributed by atoms with Crippen LogP contribution in [0.15, 0.2) is 48.7 Å². The molecular formula is C19H18ClFN2O. The zero-order chi connectivity index (χ0) is 17.3. The Morgan fingerprint density at radius 3 is 2.75 bits per heavy atom. The average Bonchev–Trinajstić information content (AvgIpc) is 2.97. The van der Waals surface area contributed by atoms with Gasteiger partial charge in [-0.05, 0) is 35.9 Å². The van der Waals surface area contributed by atoms with Crippen molar-refractivity contribution in [1.82, 2.24) is 10.3 Å². The first kappa shape index (κ1) is 16.5. The Kier molecular flexibility index (Phi) is 4.33. The third kappa shape index (κ3) is 3.15. The molecule has 0 saturated carbocycles. The molecule has 2 N–H and O–H groups in total. The van der Waals surface area contributed by atoms with Gasteiger partial charge in [0.15, 0.2) is 0 Å². The average molecular weight is 345 g/mol. The van der Waals surface area contributed by atoms with E-state index in [1.165, 1.54) is 12.1 Å². The van der Waals surface area contributed by atoms with Crippen molar-refractivity contribution in [2.75, 3.05) is 6.54 Å². The summed E-state index contributed by atoms with van der Waals surface area (Å²) >= 11 is 6.10. The predicted octanol–water partition coefficient (Wildman–Crippen LogP) is 4.67. The number of nitrogens with one attached hydrogen (secondary N) is 2. The first-order valence-corrected chi connectivity index (χ1v) is 8.06. The number of carbonyl (C=O) groups excluding carboxylic acids is 1. The van der Waals surface area contributed by atoms with Gasteiger partial charge in [-0.15, -0.1) is 0 Å². The molecule has 1 heterocycles. The second-order valence-corrected chi connectivity index (χ2v) is 6.88. The van der Waals surface area contributed by atoms with Crippen molar-refractivity contribution in [1.29, 1.82) is 0 Å². The lowest BCUT2D eigenvalue weighted by Gasteiger charge is -2.25. The van der Waals surface area contributed by atoms with Gasteiger partial charge in [0, 0.05) is 34.1 Å². The maximum atomic E-state index is 13.7. The number of amides is 1. The molecule has 0 saturated heterocycles. The number of carbonyl (C=O) groups is 1. The number of hydrogen-bond donors (Lipinski definition) is 2. The van der Waals surface area contributed by atoms with Crippen LogP contribution < -0.4 is 5.32 Å². The molecule has 0 radical (unpaired) electrons. The summed E-state index contributed by atoms with van der Waals surface area (Å²) in [5, 5.41) is 4.50. The van der Waals surface area contributed by atoms with E-state index in [4.69, 9.17) is 11.6 Å². The van der Waals surface area contributed by atoms with E-state index in [9.17, 15) is 9.18 Å². The Labute approximate surface area is 144 Å². The lowest BCUT2D eigenvalue weighted by molar-refractivity contribution is 0.0941. The van der Waals surface area contributed by atoms with Gasteiger partial charge in [0.1, 0.15) is 5.82 Å². The molecule has 0 spiro atoms. The topological polar surface area (TPSA) is 44.9 Å². The number of fused-ring (bicyclic) bond motifs is 1. The van der Waals surface area contributed by atoms with Crippen molar-refractivity contribution in [2.24, 2.45) is 0 Å². The minimum atomic E-state index is -0.522. The van der Waals surface area contributed by atoms with Crippen LogP contribution in [0, 0.1) is 5.82 Å². The highest BCUT2D eigenvalue weighted by Crippen LogP contribution is 2.31. The lowest BCUT2D eigenvalue weighted by atomic mass is 9.84. The summed E-state index contributed by atoms with van der Waals surface area (Å²) in [7, 11) is 0. The number of H-pyrrole nitrogens is 1. The molecule has 1 aromatic heterocycles. The molecule has 0 aliphatic carbocycles. The smallest absolute Gasteiger partial charge is 0.254 e. The van der Waals surface area contributed by atoms with Crippen molar-refractivity contribution in [2.45, 2.75) is 19.3 Å². The predicted molar refractivity (Wildman–Crippen MR) is 95.1 cm³/mol. The Hall–Kier alpha value is -2.33.